The van der Waals surface area contributed by atoms with Crippen LogP contribution in [0.5, 0.6) is 0 Å². The van der Waals surface area contributed by atoms with Gasteiger partial charge >= 0.3 is 0 Å². The molecule has 0 bridgehead atoms. The molecule has 2 aromatic heterocycles. The molecule has 0 aliphatic rings. The van der Waals surface area contributed by atoms with E-state index in [1.807, 2.05) is 0 Å². The van der Waals surface area contributed by atoms with Gasteiger partial charge in [0, 0.05) is 33.2 Å². The highest BCUT2D eigenvalue weighted by Gasteiger charge is 2.20. The van der Waals surface area contributed by atoms with Gasteiger partial charge in [-0.15, -0.1) is 0 Å². The van der Waals surface area contributed by atoms with Crippen LogP contribution < -0.4 is 4.90 Å². The molecule has 3 nitrogen and oxygen atoms in total. The van der Waals surface area contributed by atoms with Gasteiger partial charge < -0.3 is 14.0 Å². The third kappa shape index (κ3) is 4.78. The molecule has 0 saturated carbocycles. The lowest BCUT2D eigenvalue weighted by atomic mass is 10.1. The van der Waals surface area contributed by atoms with E-state index < -0.39 is 0 Å². The molecule has 0 aliphatic heterocycles. The van der Waals surface area contributed by atoms with Gasteiger partial charge in [-0.2, -0.15) is 0 Å². The van der Waals surface area contributed by atoms with Crippen molar-refractivity contribution in [2.24, 2.45) is 0 Å². The molecule has 0 N–H and O–H groups in total. The predicted molar refractivity (Wildman–Crippen MR) is 194 cm³/mol. The fraction of sp³-hybridized carbons (Fsp3) is 0.0952. The molecule has 0 spiro atoms. The van der Waals surface area contributed by atoms with Gasteiger partial charge in [-0.05, 0) is 93.9 Å². The number of aryl methyl sites for hydroxylation is 1. The van der Waals surface area contributed by atoms with Crippen LogP contribution >= 0.6 is 0 Å². The minimum absolute atomic E-state index is 1.09. The van der Waals surface area contributed by atoms with E-state index in [0.29, 0.717) is 0 Å². The van der Waals surface area contributed by atoms with Crippen molar-refractivity contribution in [2.75, 3.05) is 4.90 Å². The summed E-state index contributed by atoms with van der Waals surface area (Å²) in [6.07, 6.45) is 10.8. The highest BCUT2D eigenvalue weighted by molar-refractivity contribution is 6.09. The largest absolute Gasteiger partial charge is 0.311 e. The lowest BCUT2D eigenvalue weighted by molar-refractivity contribution is 1.07. The zero-order chi connectivity index (χ0) is 30.9. The van der Waals surface area contributed by atoms with E-state index in [9.17, 15) is 0 Å². The summed E-state index contributed by atoms with van der Waals surface area (Å²) in [5, 5.41) is 3.76. The molecular formula is C42H37N3. The fourth-order valence-electron chi connectivity index (χ4n) is 6.72. The van der Waals surface area contributed by atoms with Crippen molar-refractivity contribution in [3.8, 4) is 11.4 Å². The van der Waals surface area contributed by atoms with Crippen molar-refractivity contribution in [3.63, 3.8) is 0 Å². The van der Waals surface area contributed by atoms with E-state index >= 15 is 0 Å². The van der Waals surface area contributed by atoms with E-state index in [4.69, 9.17) is 0 Å². The number of hydrogen-bond donors (Lipinski definition) is 0. The van der Waals surface area contributed by atoms with Crippen molar-refractivity contribution < 1.29 is 0 Å². The Labute approximate surface area is 265 Å². The molecule has 3 heteroatoms. The Morgan fingerprint density at radius 3 is 1.67 bits per heavy atom. The van der Waals surface area contributed by atoms with Gasteiger partial charge in [-0.1, -0.05) is 91.0 Å². The normalized spacial score (nSPS) is 12.4. The van der Waals surface area contributed by atoms with E-state index in [1.165, 1.54) is 44.0 Å². The van der Waals surface area contributed by atoms with Crippen molar-refractivity contribution in [1.82, 2.24) is 9.13 Å². The first kappa shape index (κ1) is 28.2. The van der Waals surface area contributed by atoms with Crippen LogP contribution in [0, 0.1) is 6.92 Å². The predicted octanol–water partition coefficient (Wildman–Crippen LogP) is 11.7. The summed E-state index contributed by atoms with van der Waals surface area (Å²) in [5.41, 5.74) is 11.6. The smallest absolute Gasteiger partial charge is 0.0541 e. The molecule has 0 fully saturated rings. The number of anilines is 2. The van der Waals surface area contributed by atoms with Crippen LogP contribution in [0.15, 0.2) is 151 Å². The van der Waals surface area contributed by atoms with Crippen molar-refractivity contribution in [3.05, 3.63) is 163 Å². The molecule has 7 aromatic rings. The maximum absolute atomic E-state index is 2.42. The van der Waals surface area contributed by atoms with Crippen molar-refractivity contribution in [1.29, 1.82) is 0 Å². The first-order valence-corrected chi connectivity index (χ1v) is 15.7. The molecule has 0 radical (unpaired) electrons. The first-order valence-electron chi connectivity index (χ1n) is 15.7. The van der Waals surface area contributed by atoms with Crippen LogP contribution in [0.1, 0.15) is 32.0 Å². The second kappa shape index (κ2) is 11.9. The lowest BCUT2D eigenvalue weighted by Crippen LogP contribution is -2.16. The SMILES string of the molecule is C/C=C\C(=C/C)N(c1ccccc1)c1cc(-n2c(/C=C\C)c(C)c3ccccc32)cc(-n2c3ccccc3c3ccccc32)c1. The van der Waals surface area contributed by atoms with Gasteiger partial charge in [0.15, 0.2) is 0 Å². The Balaban J connectivity index is 1.62. The van der Waals surface area contributed by atoms with Crippen LogP contribution in [-0.2, 0) is 0 Å². The molecule has 0 aliphatic carbocycles. The Morgan fingerprint density at radius 1 is 0.556 bits per heavy atom. The Hall–Kier alpha value is -5.54. The van der Waals surface area contributed by atoms with Gasteiger partial charge in [-0.25, -0.2) is 0 Å². The Kier molecular flexibility index (Phi) is 7.44. The monoisotopic (exact) mass is 583 g/mol. The number of rotatable bonds is 7. The lowest BCUT2D eigenvalue weighted by Gasteiger charge is -2.28. The number of hydrogen-bond acceptors (Lipinski definition) is 1. The molecule has 220 valence electrons. The maximum atomic E-state index is 2.42. The van der Waals surface area contributed by atoms with Crippen LogP contribution in [0.25, 0.3) is 50.2 Å². The minimum atomic E-state index is 1.09. The number of benzene rings is 5. The molecule has 45 heavy (non-hydrogen) atoms. The zero-order valence-electron chi connectivity index (χ0n) is 26.3. The first-order chi connectivity index (χ1) is 22.1. The summed E-state index contributed by atoms with van der Waals surface area (Å²) in [7, 11) is 0. The van der Waals surface area contributed by atoms with Gasteiger partial charge in [0.2, 0.25) is 0 Å². The third-order valence-corrected chi connectivity index (χ3v) is 8.65. The van der Waals surface area contributed by atoms with Gasteiger partial charge in [0.1, 0.15) is 0 Å². The van der Waals surface area contributed by atoms with Gasteiger partial charge in [0.05, 0.1) is 33.6 Å². The Morgan fingerprint density at radius 2 is 1.09 bits per heavy atom. The fourth-order valence-corrected chi connectivity index (χ4v) is 6.72. The zero-order valence-corrected chi connectivity index (χ0v) is 26.3. The molecule has 2 heterocycles. The van der Waals surface area contributed by atoms with Crippen molar-refractivity contribution >= 4 is 50.2 Å². The number of aromatic nitrogens is 2. The average molecular weight is 584 g/mol. The number of nitrogens with zero attached hydrogens (tertiary/aromatic N) is 3. The standard InChI is InChI=1S/C42H37N3/c1-5-17-31(7-3)43(32-19-9-8-10-20-32)33-27-34(44-39(18-6-2)30(4)36-21-11-14-24-40(36)44)29-35(28-33)45-41-25-15-12-22-37(41)38-23-13-16-26-42(38)45/h5-29H,1-4H3/b17-5-,18-6-,31-7+. The van der Waals surface area contributed by atoms with E-state index in [1.54, 1.807) is 0 Å². The quantitative estimate of drug-likeness (QED) is 0.170. The van der Waals surface area contributed by atoms with Crippen LogP contribution in [0.3, 0.4) is 0 Å². The highest BCUT2D eigenvalue weighted by Crippen LogP contribution is 2.39. The summed E-state index contributed by atoms with van der Waals surface area (Å²) in [6, 6.07) is 43.8. The number of para-hydroxylation sites is 4. The summed E-state index contributed by atoms with van der Waals surface area (Å²) in [5.74, 6) is 0. The average Bonchev–Trinajstić information content (AvgIpc) is 3.57. The molecular weight excluding hydrogens is 546 g/mol. The van der Waals surface area contributed by atoms with E-state index in [-0.39, 0.29) is 0 Å². The second-order valence-electron chi connectivity index (χ2n) is 11.3. The second-order valence-corrected chi connectivity index (χ2v) is 11.3. The molecule has 5 aromatic carbocycles. The number of allylic oxidation sites excluding steroid dienone is 4. The number of fused-ring (bicyclic) bond motifs is 4. The maximum Gasteiger partial charge on any atom is 0.0541 e. The minimum Gasteiger partial charge on any atom is -0.311 e. The van der Waals surface area contributed by atoms with Crippen LogP contribution in [0.2, 0.25) is 0 Å². The molecule has 7 rings (SSSR count). The summed E-state index contributed by atoms with van der Waals surface area (Å²) < 4.78 is 4.83. The van der Waals surface area contributed by atoms with Crippen LogP contribution in [0.4, 0.5) is 11.4 Å². The summed E-state index contributed by atoms with van der Waals surface area (Å²) in [4.78, 5) is 2.36. The van der Waals surface area contributed by atoms with Gasteiger partial charge in [0.25, 0.3) is 0 Å². The van der Waals surface area contributed by atoms with E-state index in [2.05, 4.69) is 193 Å². The van der Waals surface area contributed by atoms with Crippen molar-refractivity contribution in [2.45, 2.75) is 27.7 Å². The topological polar surface area (TPSA) is 13.1 Å². The summed E-state index contributed by atoms with van der Waals surface area (Å²) in [6.45, 7) is 8.50. The van der Waals surface area contributed by atoms with E-state index in [0.717, 1.165) is 28.4 Å². The molecule has 0 saturated heterocycles. The molecule has 0 atom stereocenters. The third-order valence-electron chi connectivity index (χ3n) is 8.65. The van der Waals surface area contributed by atoms with Gasteiger partial charge in [-0.3, -0.25) is 0 Å². The van der Waals surface area contributed by atoms with Crippen LogP contribution in [-0.4, -0.2) is 9.13 Å². The molecule has 0 amide bonds. The highest BCUT2D eigenvalue weighted by atomic mass is 15.2. The molecule has 0 unspecified atom stereocenters. The summed E-state index contributed by atoms with van der Waals surface area (Å²) >= 11 is 0. The Bertz CT molecular complexity index is 2200.